The summed E-state index contributed by atoms with van der Waals surface area (Å²) in [5.41, 5.74) is 1.17. The minimum atomic E-state index is 0. The molecule has 1 aromatic rings. The van der Waals surface area contributed by atoms with Crippen LogP contribution in [0.4, 0.5) is 0 Å². The average molecular weight is 333 g/mol. The molecular formula is C12H17Cl4NO. The standard InChI is InChI=1S/C12H16Cl3NO.ClH/c1-17-12-3-2-10(8-11(12)15)9-16(6-4-13)7-5-14;/h2-3,8H,4-7,9H2,1H3;1H. The lowest BCUT2D eigenvalue weighted by Crippen LogP contribution is -3.11. The Morgan fingerprint density at radius 3 is 2.22 bits per heavy atom. The van der Waals surface area contributed by atoms with Crippen molar-refractivity contribution in [2.75, 3.05) is 32.0 Å². The van der Waals surface area contributed by atoms with Gasteiger partial charge in [0, 0.05) is 5.56 Å². The normalized spacial score (nSPS) is 10.3. The summed E-state index contributed by atoms with van der Waals surface area (Å²) in [6, 6.07) is 5.84. The van der Waals surface area contributed by atoms with Crippen molar-refractivity contribution in [3.63, 3.8) is 0 Å². The summed E-state index contributed by atoms with van der Waals surface area (Å²) in [5.74, 6) is 1.97. The van der Waals surface area contributed by atoms with Crippen molar-refractivity contribution >= 4 is 34.8 Å². The molecule has 0 aliphatic heterocycles. The quantitative estimate of drug-likeness (QED) is 0.646. The Kier molecular flexibility index (Phi) is 10.1. The smallest absolute Gasteiger partial charge is 0.137 e. The predicted molar refractivity (Wildman–Crippen MR) is 73.8 cm³/mol. The van der Waals surface area contributed by atoms with Gasteiger partial charge in [-0.2, -0.15) is 0 Å². The van der Waals surface area contributed by atoms with Crippen LogP contribution in [0.1, 0.15) is 5.56 Å². The maximum atomic E-state index is 6.08. The number of hydrogen-bond donors (Lipinski definition) is 1. The number of rotatable bonds is 7. The SMILES string of the molecule is COc1ccc(C[NH+](CCCl)CCCl)cc1Cl.[Cl-]. The van der Waals surface area contributed by atoms with Gasteiger partial charge < -0.3 is 22.0 Å². The molecule has 0 aliphatic carbocycles. The zero-order chi connectivity index (χ0) is 12.7. The highest BCUT2D eigenvalue weighted by atomic mass is 35.5. The van der Waals surface area contributed by atoms with Crippen LogP contribution in [-0.2, 0) is 6.54 Å². The molecule has 0 amide bonds. The van der Waals surface area contributed by atoms with E-state index in [9.17, 15) is 0 Å². The number of methoxy groups -OCH3 is 1. The van der Waals surface area contributed by atoms with E-state index in [1.54, 1.807) is 7.11 Å². The first kappa shape index (κ1) is 18.1. The van der Waals surface area contributed by atoms with Crippen LogP contribution in [0.15, 0.2) is 18.2 Å². The maximum Gasteiger partial charge on any atom is 0.137 e. The van der Waals surface area contributed by atoms with E-state index in [1.807, 2.05) is 18.2 Å². The summed E-state index contributed by atoms with van der Waals surface area (Å²) in [7, 11) is 1.61. The van der Waals surface area contributed by atoms with Crippen LogP contribution in [0.5, 0.6) is 5.75 Å². The molecule has 0 saturated carbocycles. The lowest BCUT2D eigenvalue weighted by molar-refractivity contribution is -0.909. The van der Waals surface area contributed by atoms with Crippen molar-refractivity contribution in [1.82, 2.24) is 0 Å². The second kappa shape index (κ2) is 9.99. The molecule has 0 spiro atoms. The summed E-state index contributed by atoms with van der Waals surface area (Å²) in [5, 5.41) is 0.640. The van der Waals surface area contributed by atoms with Crippen molar-refractivity contribution in [2.24, 2.45) is 0 Å². The molecule has 0 aromatic heterocycles. The third kappa shape index (κ3) is 5.85. The second-order valence-electron chi connectivity index (χ2n) is 3.77. The molecule has 0 radical (unpaired) electrons. The number of alkyl halides is 2. The molecule has 0 unspecified atom stereocenters. The number of ether oxygens (including phenoxy) is 1. The Balaban J connectivity index is 0.00000289. The Labute approximate surface area is 130 Å². The van der Waals surface area contributed by atoms with Gasteiger partial charge in [0.05, 0.1) is 37.0 Å². The topological polar surface area (TPSA) is 13.7 Å². The monoisotopic (exact) mass is 331 g/mol. The Hall–Kier alpha value is 0.140. The molecule has 0 aliphatic rings. The van der Waals surface area contributed by atoms with Crippen LogP contribution in [0.3, 0.4) is 0 Å². The van der Waals surface area contributed by atoms with Crippen LogP contribution >= 0.6 is 34.8 Å². The van der Waals surface area contributed by atoms with E-state index in [4.69, 9.17) is 39.5 Å². The van der Waals surface area contributed by atoms with Crippen molar-refractivity contribution < 1.29 is 22.0 Å². The van der Waals surface area contributed by atoms with E-state index in [0.29, 0.717) is 22.5 Å². The Morgan fingerprint density at radius 1 is 1.17 bits per heavy atom. The lowest BCUT2D eigenvalue weighted by atomic mass is 10.2. The highest BCUT2D eigenvalue weighted by molar-refractivity contribution is 6.32. The van der Waals surface area contributed by atoms with Crippen LogP contribution in [0.25, 0.3) is 0 Å². The molecule has 0 heterocycles. The predicted octanol–water partition coefficient (Wildman–Crippen LogP) is -0.785. The molecule has 2 nitrogen and oxygen atoms in total. The van der Waals surface area contributed by atoms with E-state index in [0.717, 1.165) is 19.6 Å². The Morgan fingerprint density at radius 2 is 1.78 bits per heavy atom. The third-order valence-electron chi connectivity index (χ3n) is 2.57. The van der Waals surface area contributed by atoms with Crippen molar-refractivity contribution in [3.05, 3.63) is 28.8 Å². The number of halogens is 4. The van der Waals surface area contributed by atoms with Gasteiger partial charge in [-0.1, -0.05) is 11.6 Å². The summed E-state index contributed by atoms with van der Waals surface area (Å²) in [6.45, 7) is 2.68. The van der Waals surface area contributed by atoms with Gasteiger partial charge in [-0.15, -0.1) is 23.2 Å². The lowest BCUT2D eigenvalue weighted by Gasteiger charge is -2.17. The van der Waals surface area contributed by atoms with Crippen molar-refractivity contribution in [1.29, 1.82) is 0 Å². The number of quaternary nitrogens is 1. The zero-order valence-electron chi connectivity index (χ0n) is 10.2. The van der Waals surface area contributed by atoms with Crippen molar-refractivity contribution in [2.45, 2.75) is 6.54 Å². The van der Waals surface area contributed by atoms with E-state index >= 15 is 0 Å². The number of benzene rings is 1. The molecule has 0 atom stereocenters. The summed E-state index contributed by atoms with van der Waals surface area (Å²) >= 11 is 17.6. The highest BCUT2D eigenvalue weighted by Gasteiger charge is 2.10. The largest absolute Gasteiger partial charge is 1.00 e. The molecule has 104 valence electrons. The first-order chi connectivity index (χ1) is 8.21. The molecule has 0 fully saturated rings. The van der Waals surface area contributed by atoms with Crippen LogP contribution in [-0.4, -0.2) is 32.0 Å². The highest BCUT2D eigenvalue weighted by Crippen LogP contribution is 2.24. The van der Waals surface area contributed by atoms with Gasteiger partial charge in [0.2, 0.25) is 0 Å². The summed E-state index contributed by atoms with van der Waals surface area (Å²) in [4.78, 5) is 1.36. The van der Waals surface area contributed by atoms with Gasteiger partial charge >= 0.3 is 0 Å². The summed E-state index contributed by atoms with van der Waals surface area (Å²) < 4.78 is 5.12. The fraction of sp³-hybridized carbons (Fsp3) is 0.500. The molecule has 0 bridgehead atoms. The molecule has 0 saturated heterocycles. The zero-order valence-corrected chi connectivity index (χ0v) is 13.2. The van der Waals surface area contributed by atoms with Gasteiger partial charge in [-0.3, -0.25) is 0 Å². The summed E-state index contributed by atoms with van der Waals surface area (Å²) in [6.07, 6.45) is 0. The molecule has 1 rings (SSSR count). The van der Waals surface area contributed by atoms with Crippen LogP contribution in [0, 0.1) is 0 Å². The maximum absolute atomic E-state index is 6.08. The fourth-order valence-corrected chi connectivity index (χ4v) is 2.49. The van der Waals surface area contributed by atoms with Gasteiger partial charge in [0.25, 0.3) is 0 Å². The van der Waals surface area contributed by atoms with Gasteiger partial charge in [-0.25, -0.2) is 0 Å². The minimum Gasteiger partial charge on any atom is -1.00 e. The third-order valence-corrected chi connectivity index (χ3v) is 3.24. The van der Waals surface area contributed by atoms with E-state index in [1.165, 1.54) is 10.5 Å². The van der Waals surface area contributed by atoms with Gasteiger partial charge in [-0.05, 0) is 18.2 Å². The van der Waals surface area contributed by atoms with Gasteiger partial charge in [0.15, 0.2) is 0 Å². The average Bonchev–Trinajstić information content (AvgIpc) is 2.30. The first-order valence-corrected chi connectivity index (χ1v) is 6.94. The molecular weight excluding hydrogens is 316 g/mol. The molecule has 1 N–H and O–H groups in total. The number of hydrogen-bond acceptors (Lipinski definition) is 1. The first-order valence-electron chi connectivity index (χ1n) is 5.49. The molecule has 18 heavy (non-hydrogen) atoms. The van der Waals surface area contributed by atoms with Crippen molar-refractivity contribution in [3.8, 4) is 5.75 Å². The molecule has 6 heteroatoms. The van der Waals surface area contributed by atoms with E-state index in [-0.39, 0.29) is 12.4 Å². The van der Waals surface area contributed by atoms with Crippen LogP contribution < -0.4 is 22.0 Å². The molecule has 1 aromatic carbocycles. The van der Waals surface area contributed by atoms with E-state index < -0.39 is 0 Å². The second-order valence-corrected chi connectivity index (χ2v) is 4.94. The van der Waals surface area contributed by atoms with Gasteiger partial charge in [0.1, 0.15) is 12.3 Å². The van der Waals surface area contributed by atoms with Crippen LogP contribution in [0.2, 0.25) is 5.02 Å². The minimum absolute atomic E-state index is 0. The fourth-order valence-electron chi connectivity index (χ4n) is 1.68. The number of nitrogens with one attached hydrogen (secondary N) is 1. The van der Waals surface area contributed by atoms with E-state index in [2.05, 4.69) is 0 Å². The Bertz CT molecular complexity index is 343.